The standard InChI is InChI=1S/C6H9N3O/c7-6-5-3-10-2-1-9(5)4-8-6/h4H,1-3,7H2. The van der Waals surface area contributed by atoms with Crippen molar-refractivity contribution in [2.45, 2.75) is 13.2 Å². The molecule has 0 bridgehead atoms. The van der Waals surface area contributed by atoms with Crippen molar-refractivity contribution in [3.8, 4) is 0 Å². The van der Waals surface area contributed by atoms with Crippen LogP contribution in [0.5, 0.6) is 0 Å². The van der Waals surface area contributed by atoms with E-state index >= 15 is 0 Å². The number of hydrogen-bond acceptors (Lipinski definition) is 3. The van der Waals surface area contributed by atoms with Gasteiger partial charge in [-0.2, -0.15) is 0 Å². The van der Waals surface area contributed by atoms with Gasteiger partial charge in [0.15, 0.2) is 0 Å². The summed E-state index contributed by atoms with van der Waals surface area (Å²) < 4.78 is 7.22. The van der Waals surface area contributed by atoms with Crippen molar-refractivity contribution in [1.82, 2.24) is 9.55 Å². The number of rotatable bonds is 0. The van der Waals surface area contributed by atoms with E-state index in [2.05, 4.69) is 4.98 Å². The molecule has 0 saturated heterocycles. The summed E-state index contributed by atoms with van der Waals surface area (Å²) in [6, 6.07) is 0. The molecule has 2 rings (SSSR count). The van der Waals surface area contributed by atoms with Gasteiger partial charge in [-0.05, 0) is 0 Å². The van der Waals surface area contributed by atoms with Gasteiger partial charge >= 0.3 is 0 Å². The maximum Gasteiger partial charge on any atom is 0.147 e. The minimum atomic E-state index is 0.597. The van der Waals surface area contributed by atoms with Gasteiger partial charge in [-0.15, -0.1) is 0 Å². The molecule has 0 fully saturated rings. The highest BCUT2D eigenvalue weighted by molar-refractivity contribution is 5.34. The second-order valence-electron chi connectivity index (χ2n) is 2.32. The maximum absolute atomic E-state index is 5.55. The van der Waals surface area contributed by atoms with Gasteiger partial charge in [0.1, 0.15) is 5.82 Å². The first-order valence-corrected chi connectivity index (χ1v) is 3.25. The van der Waals surface area contributed by atoms with E-state index in [9.17, 15) is 0 Å². The molecular weight excluding hydrogens is 130 g/mol. The first-order chi connectivity index (χ1) is 4.88. The Labute approximate surface area is 58.6 Å². The lowest BCUT2D eigenvalue weighted by Gasteiger charge is -2.14. The molecule has 0 aromatic carbocycles. The molecule has 1 aliphatic heterocycles. The van der Waals surface area contributed by atoms with Crippen LogP contribution in [0.4, 0.5) is 5.82 Å². The second-order valence-corrected chi connectivity index (χ2v) is 2.32. The lowest BCUT2D eigenvalue weighted by molar-refractivity contribution is 0.0855. The fourth-order valence-corrected chi connectivity index (χ4v) is 1.10. The third kappa shape index (κ3) is 0.690. The van der Waals surface area contributed by atoms with Gasteiger partial charge in [0.2, 0.25) is 0 Å². The first-order valence-electron chi connectivity index (χ1n) is 3.25. The molecule has 0 spiro atoms. The van der Waals surface area contributed by atoms with Crippen LogP contribution in [0.3, 0.4) is 0 Å². The number of nitrogens with two attached hydrogens (primary N) is 1. The van der Waals surface area contributed by atoms with Crippen LogP contribution >= 0.6 is 0 Å². The summed E-state index contributed by atoms with van der Waals surface area (Å²) in [6.07, 6.45) is 1.76. The number of nitrogen functional groups attached to an aromatic ring is 1. The van der Waals surface area contributed by atoms with Crippen molar-refractivity contribution in [2.24, 2.45) is 0 Å². The number of aromatic nitrogens is 2. The molecule has 0 unspecified atom stereocenters. The zero-order valence-electron chi connectivity index (χ0n) is 5.58. The van der Waals surface area contributed by atoms with Crippen LogP contribution in [0.15, 0.2) is 6.33 Å². The topological polar surface area (TPSA) is 53.1 Å². The predicted molar refractivity (Wildman–Crippen MR) is 36.3 cm³/mol. The quantitative estimate of drug-likeness (QED) is 0.550. The number of ether oxygens (including phenoxy) is 1. The van der Waals surface area contributed by atoms with Crippen molar-refractivity contribution >= 4 is 5.82 Å². The number of anilines is 1. The van der Waals surface area contributed by atoms with Crippen LogP contribution in [0.25, 0.3) is 0 Å². The zero-order chi connectivity index (χ0) is 6.97. The molecule has 2 heterocycles. The minimum Gasteiger partial charge on any atom is -0.382 e. The van der Waals surface area contributed by atoms with Crippen molar-refractivity contribution in [2.75, 3.05) is 12.3 Å². The highest BCUT2D eigenvalue weighted by Crippen LogP contribution is 2.14. The molecule has 0 aliphatic carbocycles. The SMILES string of the molecule is Nc1ncn2c1COCC2. The molecule has 4 heteroatoms. The molecular formula is C6H9N3O. The first kappa shape index (κ1) is 5.73. The highest BCUT2D eigenvalue weighted by atomic mass is 16.5. The summed E-state index contributed by atoms with van der Waals surface area (Å²) in [5.74, 6) is 0.597. The van der Waals surface area contributed by atoms with Gasteiger partial charge in [-0.1, -0.05) is 0 Å². The van der Waals surface area contributed by atoms with Crippen molar-refractivity contribution < 1.29 is 4.74 Å². The highest BCUT2D eigenvalue weighted by Gasteiger charge is 2.11. The Hall–Kier alpha value is -1.03. The zero-order valence-corrected chi connectivity index (χ0v) is 5.58. The van der Waals surface area contributed by atoms with Crippen LogP contribution < -0.4 is 5.73 Å². The Morgan fingerprint density at radius 3 is 3.40 bits per heavy atom. The van der Waals surface area contributed by atoms with E-state index in [1.54, 1.807) is 6.33 Å². The second kappa shape index (κ2) is 1.98. The van der Waals surface area contributed by atoms with E-state index < -0.39 is 0 Å². The van der Waals surface area contributed by atoms with Gasteiger partial charge in [0.05, 0.1) is 25.2 Å². The van der Waals surface area contributed by atoms with Crippen LogP contribution in [0, 0.1) is 0 Å². The maximum atomic E-state index is 5.55. The lowest BCUT2D eigenvalue weighted by Crippen LogP contribution is -2.16. The minimum absolute atomic E-state index is 0.597. The van der Waals surface area contributed by atoms with Crippen LogP contribution in [-0.2, 0) is 17.9 Å². The Bertz CT molecular complexity index is 243. The van der Waals surface area contributed by atoms with E-state index in [-0.39, 0.29) is 0 Å². The molecule has 1 aliphatic rings. The molecule has 0 saturated carbocycles. The summed E-state index contributed by atoms with van der Waals surface area (Å²) in [7, 11) is 0. The van der Waals surface area contributed by atoms with Crippen LogP contribution in [-0.4, -0.2) is 16.2 Å². The Kier molecular flexibility index (Phi) is 1.14. The van der Waals surface area contributed by atoms with Gasteiger partial charge < -0.3 is 15.0 Å². The molecule has 54 valence electrons. The van der Waals surface area contributed by atoms with Gasteiger partial charge in [-0.25, -0.2) is 4.98 Å². The average Bonchev–Trinajstić information content (AvgIpc) is 2.34. The van der Waals surface area contributed by atoms with Crippen LogP contribution in [0.1, 0.15) is 5.69 Å². The summed E-state index contributed by atoms with van der Waals surface area (Å²) >= 11 is 0. The van der Waals surface area contributed by atoms with E-state index in [1.165, 1.54) is 0 Å². The summed E-state index contributed by atoms with van der Waals surface area (Å²) in [5.41, 5.74) is 6.56. The fraction of sp³-hybridized carbons (Fsp3) is 0.500. The average molecular weight is 139 g/mol. The molecule has 1 aromatic rings. The summed E-state index contributed by atoms with van der Waals surface area (Å²) in [4.78, 5) is 3.96. The number of hydrogen-bond donors (Lipinski definition) is 1. The number of fused-ring (bicyclic) bond motifs is 1. The molecule has 2 N–H and O–H groups in total. The van der Waals surface area contributed by atoms with Gasteiger partial charge in [0.25, 0.3) is 0 Å². The molecule has 10 heavy (non-hydrogen) atoms. The van der Waals surface area contributed by atoms with E-state index in [0.29, 0.717) is 12.4 Å². The monoisotopic (exact) mass is 139 g/mol. The van der Waals surface area contributed by atoms with Crippen molar-refractivity contribution in [1.29, 1.82) is 0 Å². The Morgan fingerprint density at radius 2 is 2.60 bits per heavy atom. The van der Waals surface area contributed by atoms with Gasteiger partial charge in [0, 0.05) is 6.54 Å². The summed E-state index contributed by atoms with van der Waals surface area (Å²) in [6.45, 7) is 2.24. The number of imidazole rings is 1. The predicted octanol–water partition coefficient (Wildman–Crippen LogP) is -0.00450. The number of nitrogens with zero attached hydrogens (tertiary/aromatic N) is 2. The smallest absolute Gasteiger partial charge is 0.147 e. The summed E-state index contributed by atoms with van der Waals surface area (Å²) in [5, 5.41) is 0. The third-order valence-corrected chi connectivity index (χ3v) is 1.69. The van der Waals surface area contributed by atoms with E-state index in [0.717, 1.165) is 18.8 Å². The van der Waals surface area contributed by atoms with Crippen molar-refractivity contribution in [3.05, 3.63) is 12.0 Å². The van der Waals surface area contributed by atoms with Gasteiger partial charge in [-0.3, -0.25) is 0 Å². The lowest BCUT2D eigenvalue weighted by atomic mass is 10.4. The van der Waals surface area contributed by atoms with Crippen molar-refractivity contribution in [3.63, 3.8) is 0 Å². The van der Waals surface area contributed by atoms with E-state index in [4.69, 9.17) is 10.5 Å². The molecule has 1 aromatic heterocycles. The van der Waals surface area contributed by atoms with E-state index in [1.807, 2.05) is 4.57 Å². The fourth-order valence-electron chi connectivity index (χ4n) is 1.10. The third-order valence-electron chi connectivity index (χ3n) is 1.69. The largest absolute Gasteiger partial charge is 0.382 e. The Morgan fingerprint density at radius 1 is 1.70 bits per heavy atom. The molecule has 0 amide bonds. The molecule has 4 nitrogen and oxygen atoms in total. The van der Waals surface area contributed by atoms with Crippen LogP contribution in [0.2, 0.25) is 0 Å². The molecule has 0 atom stereocenters. The normalized spacial score (nSPS) is 16.8. The molecule has 0 radical (unpaired) electrons. The Balaban J connectivity index is 2.45.